The van der Waals surface area contributed by atoms with Crippen LogP contribution in [0.2, 0.25) is 0 Å². The van der Waals surface area contributed by atoms with E-state index >= 15 is 4.39 Å². The lowest BCUT2D eigenvalue weighted by Gasteiger charge is -2.18. The third-order valence-corrected chi connectivity index (χ3v) is 7.25. The molecule has 6 aromatic rings. The van der Waals surface area contributed by atoms with Gasteiger partial charge in [0.25, 0.3) is 0 Å². The molecule has 3 aromatic heterocycles. The van der Waals surface area contributed by atoms with Crippen molar-refractivity contribution in [1.29, 1.82) is 0 Å². The van der Waals surface area contributed by atoms with Gasteiger partial charge in [-0.15, -0.1) is 0 Å². The number of hydrogen-bond donors (Lipinski definition) is 0. The second-order valence-corrected chi connectivity index (χ2v) is 11.6. The summed E-state index contributed by atoms with van der Waals surface area (Å²) in [5.74, 6) is -0.291. The van der Waals surface area contributed by atoms with Crippen molar-refractivity contribution >= 4 is 22.1 Å². The molecule has 0 saturated heterocycles. The third-order valence-electron chi connectivity index (χ3n) is 7.25. The van der Waals surface area contributed by atoms with E-state index in [1.807, 2.05) is 44.3 Å². The van der Waals surface area contributed by atoms with Gasteiger partial charge in [0.1, 0.15) is 12.9 Å². The average molecular weight is 516 g/mol. The number of hydrogen-bond acceptors (Lipinski definition) is 2. The van der Waals surface area contributed by atoms with Crippen molar-refractivity contribution in [2.24, 2.45) is 12.5 Å². The largest absolute Gasteiger partial charge is 0.437 e. The smallest absolute Gasteiger partial charge is 0.228 e. The molecule has 3 heterocycles. The summed E-state index contributed by atoms with van der Waals surface area (Å²) in [7, 11) is 2.02. The Balaban J connectivity index is 1.48. The highest BCUT2D eigenvalue weighted by Gasteiger charge is 2.25. The second kappa shape index (κ2) is 9.46. The van der Waals surface area contributed by atoms with Crippen molar-refractivity contribution in [2.45, 2.75) is 34.1 Å². The van der Waals surface area contributed by atoms with Crippen molar-refractivity contribution in [3.63, 3.8) is 0 Å². The molecule has 0 unspecified atom stereocenters. The Labute approximate surface area is 228 Å². The zero-order valence-corrected chi connectivity index (χ0v) is 23.0. The first-order chi connectivity index (χ1) is 18.7. The van der Waals surface area contributed by atoms with Gasteiger partial charge in [-0.2, -0.15) is 0 Å². The Morgan fingerprint density at radius 1 is 0.846 bits per heavy atom. The molecule has 0 fully saturated rings. The van der Waals surface area contributed by atoms with Gasteiger partial charge in [0.05, 0.1) is 22.0 Å². The number of benzene rings is 3. The quantitative estimate of drug-likeness (QED) is 0.220. The van der Waals surface area contributed by atoms with Crippen LogP contribution in [-0.4, -0.2) is 4.98 Å². The number of aryl methyl sites for hydroxylation is 2. The molecule has 0 saturated carbocycles. The maximum absolute atomic E-state index is 15.4. The maximum atomic E-state index is 15.4. The summed E-state index contributed by atoms with van der Waals surface area (Å²) in [4.78, 5) is 4.84. The Hall–Kier alpha value is -4.31. The summed E-state index contributed by atoms with van der Waals surface area (Å²) in [5, 5.41) is 1.16. The average Bonchev–Trinajstić information content (AvgIpc) is 3.29. The molecule has 0 aliphatic carbocycles. The van der Waals surface area contributed by atoms with Crippen LogP contribution in [0.5, 0.6) is 0 Å². The minimum absolute atomic E-state index is 0.156. The van der Waals surface area contributed by atoms with Crippen LogP contribution in [0.15, 0.2) is 95.5 Å². The van der Waals surface area contributed by atoms with Gasteiger partial charge in [-0.05, 0) is 59.2 Å². The van der Waals surface area contributed by atoms with Gasteiger partial charge in [0, 0.05) is 17.7 Å². The number of fused-ring (bicyclic) bond motifs is 3. The van der Waals surface area contributed by atoms with E-state index in [1.54, 1.807) is 6.07 Å². The SMILES string of the molecule is Cc1cc(F)c2c(oc3nc(-c4ccc(-c5ccccc5)cc4)ccc32)c1-c1cc(CC(C)(C)C)cc[n+]1C. The Kier molecular flexibility index (Phi) is 6.06. The Morgan fingerprint density at radius 3 is 2.26 bits per heavy atom. The van der Waals surface area contributed by atoms with Gasteiger partial charge >= 0.3 is 0 Å². The molecule has 4 heteroatoms. The molecular formula is C35H32FN2O+. The van der Waals surface area contributed by atoms with Gasteiger partial charge in [-0.25, -0.2) is 13.9 Å². The molecule has 3 aromatic carbocycles. The zero-order valence-electron chi connectivity index (χ0n) is 23.0. The summed E-state index contributed by atoms with van der Waals surface area (Å²) in [5.41, 5.74) is 9.18. The lowest BCUT2D eigenvalue weighted by molar-refractivity contribution is -0.660. The Morgan fingerprint density at radius 2 is 1.54 bits per heavy atom. The molecule has 0 aliphatic rings. The molecule has 39 heavy (non-hydrogen) atoms. The first kappa shape index (κ1) is 25.0. The number of aromatic nitrogens is 2. The first-order valence-corrected chi connectivity index (χ1v) is 13.4. The van der Waals surface area contributed by atoms with Crippen molar-refractivity contribution in [3.05, 3.63) is 108 Å². The molecule has 0 aliphatic heterocycles. The van der Waals surface area contributed by atoms with Crippen LogP contribution in [0, 0.1) is 18.2 Å². The number of furan rings is 1. The summed E-state index contributed by atoms with van der Waals surface area (Å²) < 4.78 is 23.9. The lowest BCUT2D eigenvalue weighted by atomic mass is 9.87. The van der Waals surface area contributed by atoms with E-state index in [4.69, 9.17) is 9.40 Å². The molecule has 0 atom stereocenters. The first-order valence-electron chi connectivity index (χ1n) is 13.4. The zero-order chi connectivity index (χ0) is 27.3. The molecule has 3 nitrogen and oxygen atoms in total. The fourth-order valence-corrected chi connectivity index (χ4v) is 5.43. The minimum Gasteiger partial charge on any atom is -0.437 e. The van der Waals surface area contributed by atoms with Gasteiger partial charge in [-0.3, -0.25) is 0 Å². The van der Waals surface area contributed by atoms with Gasteiger partial charge in [-0.1, -0.05) is 75.4 Å². The van der Waals surface area contributed by atoms with Gasteiger partial charge in [0.2, 0.25) is 11.4 Å². The lowest BCUT2D eigenvalue weighted by Crippen LogP contribution is -2.31. The third kappa shape index (κ3) is 4.72. The molecular weight excluding hydrogens is 483 g/mol. The highest BCUT2D eigenvalue weighted by molar-refractivity contribution is 6.09. The summed E-state index contributed by atoms with van der Waals surface area (Å²) in [6.45, 7) is 8.64. The number of halogens is 1. The summed E-state index contributed by atoms with van der Waals surface area (Å²) >= 11 is 0. The fourth-order valence-electron chi connectivity index (χ4n) is 5.43. The van der Waals surface area contributed by atoms with E-state index in [2.05, 4.69) is 80.1 Å². The molecule has 0 N–H and O–H groups in total. The predicted molar refractivity (Wildman–Crippen MR) is 157 cm³/mol. The van der Waals surface area contributed by atoms with Crippen molar-refractivity contribution < 1.29 is 13.4 Å². The van der Waals surface area contributed by atoms with E-state index in [0.717, 1.165) is 40.1 Å². The molecule has 0 amide bonds. The van der Waals surface area contributed by atoms with Crippen molar-refractivity contribution in [3.8, 4) is 33.6 Å². The molecule has 194 valence electrons. The molecule has 6 rings (SSSR count). The number of pyridine rings is 2. The van der Waals surface area contributed by atoms with Gasteiger partial charge in [0.15, 0.2) is 11.8 Å². The maximum Gasteiger partial charge on any atom is 0.228 e. The monoisotopic (exact) mass is 515 g/mol. The van der Waals surface area contributed by atoms with Crippen LogP contribution < -0.4 is 4.57 Å². The van der Waals surface area contributed by atoms with E-state index in [0.29, 0.717) is 22.1 Å². The summed E-state index contributed by atoms with van der Waals surface area (Å²) in [6.07, 6.45) is 3.02. The van der Waals surface area contributed by atoms with Crippen LogP contribution in [0.3, 0.4) is 0 Å². The van der Waals surface area contributed by atoms with Crippen LogP contribution in [0.25, 0.3) is 55.7 Å². The Bertz CT molecular complexity index is 1830. The minimum atomic E-state index is -0.291. The number of nitrogens with zero attached hydrogens (tertiary/aromatic N) is 2. The van der Waals surface area contributed by atoms with Crippen LogP contribution in [0.4, 0.5) is 4.39 Å². The topological polar surface area (TPSA) is 29.9 Å². The van der Waals surface area contributed by atoms with E-state index in [9.17, 15) is 0 Å². The molecule has 0 radical (unpaired) electrons. The molecule has 0 bridgehead atoms. The van der Waals surface area contributed by atoms with Crippen LogP contribution in [-0.2, 0) is 13.5 Å². The van der Waals surface area contributed by atoms with Crippen LogP contribution in [0.1, 0.15) is 31.9 Å². The molecule has 0 spiro atoms. The fraction of sp³-hybridized carbons (Fsp3) is 0.200. The number of rotatable bonds is 4. The highest BCUT2D eigenvalue weighted by atomic mass is 19.1. The van der Waals surface area contributed by atoms with Crippen molar-refractivity contribution in [2.75, 3.05) is 0 Å². The van der Waals surface area contributed by atoms with Crippen LogP contribution >= 0.6 is 0 Å². The predicted octanol–water partition coefficient (Wildman–Crippen LogP) is 8.84. The highest BCUT2D eigenvalue weighted by Crippen LogP contribution is 2.39. The van der Waals surface area contributed by atoms with E-state index in [1.165, 1.54) is 11.1 Å². The summed E-state index contributed by atoms with van der Waals surface area (Å²) in [6, 6.07) is 28.4. The van der Waals surface area contributed by atoms with Crippen molar-refractivity contribution in [1.82, 2.24) is 4.98 Å². The van der Waals surface area contributed by atoms with E-state index < -0.39 is 0 Å². The van der Waals surface area contributed by atoms with E-state index in [-0.39, 0.29) is 11.2 Å². The second-order valence-electron chi connectivity index (χ2n) is 11.6. The van der Waals surface area contributed by atoms with Gasteiger partial charge < -0.3 is 4.42 Å². The normalized spacial score (nSPS) is 11.9. The standard InChI is InChI=1S/C35H32FN2O/c1-22-19-28(36)32-27-15-16-29(26-13-11-25(12-14-26)24-9-7-6-8-10-24)37-34(27)39-33(32)31(22)30-20-23(17-18-38(30)5)21-35(2,3)4/h6-20H,21H2,1-5H3/q+1.